The zero-order valence-corrected chi connectivity index (χ0v) is 8.75. The van der Waals surface area contributed by atoms with Crippen LogP contribution in [0.3, 0.4) is 0 Å². The highest BCUT2D eigenvalue weighted by molar-refractivity contribution is 6.64. The van der Waals surface area contributed by atoms with E-state index in [1.165, 1.54) is 0 Å². The Kier molecular flexibility index (Phi) is 3.61. The predicted octanol–water partition coefficient (Wildman–Crippen LogP) is 4.21. The van der Waals surface area contributed by atoms with Crippen LogP contribution >= 0.6 is 0 Å². The van der Waals surface area contributed by atoms with Gasteiger partial charge in [-0.05, 0) is 17.0 Å². The van der Waals surface area contributed by atoms with Crippen molar-refractivity contribution in [2.75, 3.05) is 0 Å². The molecule has 0 aliphatic rings. The Labute approximate surface area is 87.9 Å². The summed E-state index contributed by atoms with van der Waals surface area (Å²) in [6.45, 7) is -0.817. The smallest absolute Gasteiger partial charge is 0.445 e. The second kappa shape index (κ2) is 4.56. The lowest BCUT2D eigenvalue weighted by Gasteiger charge is -2.08. The van der Waals surface area contributed by atoms with Gasteiger partial charge in [-0.25, -0.2) is 0 Å². The number of halogens is 3. The van der Waals surface area contributed by atoms with Crippen molar-refractivity contribution in [1.29, 1.82) is 0 Å². The molecule has 0 aliphatic heterocycles. The summed E-state index contributed by atoms with van der Waals surface area (Å²) in [5, 5.41) is 0. The highest BCUT2D eigenvalue weighted by atomic mass is 19.4. The lowest BCUT2D eigenvalue weighted by Crippen LogP contribution is -2.09. The van der Waals surface area contributed by atoms with E-state index < -0.39 is 6.98 Å². The molecule has 15 heavy (non-hydrogen) atoms. The molecule has 0 nitrogen and oxygen atoms in total. The summed E-state index contributed by atoms with van der Waals surface area (Å²) >= 11 is 0. The van der Waals surface area contributed by atoms with E-state index in [0.717, 1.165) is 11.6 Å². The van der Waals surface area contributed by atoms with E-state index in [9.17, 15) is 12.9 Å². The molecule has 0 fully saturated rings. The molecule has 4 heteroatoms. The third-order valence-electron chi connectivity index (χ3n) is 2.08. The van der Waals surface area contributed by atoms with Gasteiger partial charge in [0, 0.05) is 0 Å². The summed E-state index contributed by atoms with van der Waals surface area (Å²) in [5.74, 6) is 0.647. The summed E-state index contributed by atoms with van der Waals surface area (Å²) in [5.41, 5.74) is 1.65. The monoisotopic (exact) mass is 213 g/mol. The molecular formula is C11H13BF3-. The second-order valence-corrected chi connectivity index (χ2v) is 3.81. The molecule has 1 aromatic rings. The van der Waals surface area contributed by atoms with Gasteiger partial charge in [0.25, 0.3) is 0 Å². The first-order chi connectivity index (χ1) is 6.88. The molecule has 1 rings (SSSR count). The van der Waals surface area contributed by atoms with Crippen LogP contribution in [0.15, 0.2) is 30.2 Å². The van der Waals surface area contributed by atoms with Crippen LogP contribution in [0.5, 0.6) is 0 Å². The zero-order chi connectivity index (χ0) is 11.5. The van der Waals surface area contributed by atoms with E-state index in [4.69, 9.17) is 0 Å². The Balaban J connectivity index is 2.87. The molecule has 0 saturated carbocycles. The molecular weight excluding hydrogens is 200 g/mol. The van der Waals surface area contributed by atoms with Crippen LogP contribution in [-0.4, -0.2) is 6.98 Å². The molecule has 0 N–H and O–H groups in total. The third kappa shape index (κ3) is 4.23. The molecule has 0 spiro atoms. The Morgan fingerprint density at radius 1 is 1.20 bits per heavy atom. The minimum Gasteiger partial charge on any atom is -0.445 e. The molecule has 0 aromatic heterocycles. The molecule has 0 unspecified atom stereocenters. The van der Waals surface area contributed by atoms with Crippen LogP contribution in [0.1, 0.15) is 30.9 Å². The van der Waals surface area contributed by atoms with Crippen LogP contribution in [0.4, 0.5) is 12.9 Å². The molecule has 0 saturated heterocycles. The Morgan fingerprint density at radius 3 is 2.40 bits per heavy atom. The normalized spacial score (nSPS) is 12.7. The topological polar surface area (TPSA) is 0 Å². The summed E-state index contributed by atoms with van der Waals surface area (Å²) in [6, 6.07) is 7.15. The predicted molar refractivity (Wildman–Crippen MR) is 58.6 cm³/mol. The summed E-state index contributed by atoms with van der Waals surface area (Å²) in [4.78, 5) is 0. The minimum atomic E-state index is -4.84. The summed E-state index contributed by atoms with van der Waals surface area (Å²) in [6.07, 6.45) is 1.12. The van der Waals surface area contributed by atoms with Gasteiger partial charge in [0.1, 0.15) is 0 Å². The first-order valence-electron chi connectivity index (χ1n) is 4.87. The van der Waals surface area contributed by atoms with Crippen molar-refractivity contribution in [3.63, 3.8) is 0 Å². The van der Waals surface area contributed by atoms with Crippen molar-refractivity contribution in [2.24, 2.45) is 0 Å². The molecule has 0 aliphatic carbocycles. The maximum Gasteiger partial charge on any atom is 0.502 e. The zero-order valence-electron chi connectivity index (χ0n) is 8.75. The van der Waals surface area contributed by atoms with Gasteiger partial charge < -0.3 is 12.9 Å². The Hall–Kier alpha value is -1.19. The van der Waals surface area contributed by atoms with Crippen molar-refractivity contribution in [2.45, 2.75) is 19.8 Å². The quantitative estimate of drug-likeness (QED) is 0.659. The van der Waals surface area contributed by atoms with E-state index in [2.05, 4.69) is 0 Å². The van der Waals surface area contributed by atoms with Gasteiger partial charge in [-0.2, -0.15) is 0 Å². The third-order valence-corrected chi connectivity index (χ3v) is 2.08. The maximum atomic E-state index is 12.0. The highest BCUT2D eigenvalue weighted by Gasteiger charge is 2.16. The highest BCUT2D eigenvalue weighted by Crippen LogP contribution is 2.18. The van der Waals surface area contributed by atoms with Gasteiger partial charge in [-0.15, -0.1) is 5.98 Å². The van der Waals surface area contributed by atoms with Gasteiger partial charge >= 0.3 is 6.98 Å². The fraction of sp³-hybridized carbons (Fsp3) is 0.273. The van der Waals surface area contributed by atoms with Crippen LogP contribution < -0.4 is 0 Å². The first kappa shape index (κ1) is 11.9. The number of hydrogen-bond acceptors (Lipinski definition) is 0. The molecule has 0 amide bonds. The molecule has 0 radical (unpaired) electrons. The molecule has 1 aromatic carbocycles. The van der Waals surface area contributed by atoms with Gasteiger partial charge in [-0.3, -0.25) is 0 Å². The van der Waals surface area contributed by atoms with Gasteiger partial charge in [0.2, 0.25) is 0 Å². The van der Waals surface area contributed by atoms with Crippen molar-refractivity contribution >= 4 is 13.1 Å². The van der Waals surface area contributed by atoms with E-state index in [1.54, 1.807) is 18.2 Å². The number of rotatable bonds is 3. The fourth-order valence-corrected chi connectivity index (χ4v) is 1.24. The number of hydrogen-bond donors (Lipinski definition) is 0. The van der Waals surface area contributed by atoms with Crippen molar-refractivity contribution in [3.05, 3.63) is 41.4 Å². The molecule has 0 heterocycles. The van der Waals surface area contributed by atoms with Gasteiger partial charge in [0.05, 0.1) is 0 Å². The standard InChI is InChI=1S/C11H13BF3/c1-9(2)11-5-3-4-10(8-11)6-7-12(13,14)15/h3-9H,1-2H3/q-1/b7-6+. The molecule has 0 atom stereocenters. The SMILES string of the molecule is CC(C)c1cccc(/C=C/[B-](F)(F)F)c1. The van der Waals surface area contributed by atoms with Crippen molar-refractivity contribution < 1.29 is 12.9 Å². The average molecular weight is 213 g/mol. The average Bonchev–Trinajstić information content (AvgIpc) is 2.14. The van der Waals surface area contributed by atoms with Gasteiger partial charge in [-0.1, -0.05) is 44.2 Å². The maximum absolute atomic E-state index is 12.0. The lowest BCUT2D eigenvalue weighted by molar-refractivity contribution is 0.499. The Bertz CT molecular complexity index is 353. The first-order valence-corrected chi connectivity index (χ1v) is 4.87. The fourth-order valence-electron chi connectivity index (χ4n) is 1.24. The van der Waals surface area contributed by atoms with Gasteiger partial charge in [0.15, 0.2) is 0 Å². The van der Waals surface area contributed by atoms with Crippen LogP contribution in [0, 0.1) is 0 Å². The van der Waals surface area contributed by atoms with E-state index in [-0.39, 0.29) is 0 Å². The Morgan fingerprint density at radius 2 is 1.87 bits per heavy atom. The van der Waals surface area contributed by atoms with Crippen LogP contribution in [-0.2, 0) is 0 Å². The molecule has 82 valence electrons. The van der Waals surface area contributed by atoms with Crippen LogP contribution in [0.25, 0.3) is 6.08 Å². The molecule has 0 bridgehead atoms. The van der Waals surface area contributed by atoms with E-state index in [1.807, 2.05) is 19.9 Å². The summed E-state index contributed by atoms with van der Waals surface area (Å²) < 4.78 is 35.9. The second-order valence-electron chi connectivity index (χ2n) is 3.81. The largest absolute Gasteiger partial charge is 0.502 e. The lowest BCUT2D eigenvalue weighted by atomic mass is 9.90. The van der Waals surface area contributed by atoms with Crippen molar-refractivity contribution in [1.82, 2.24) is 0 Å². The number of benzene rings is 1. The van der Waals surface area contributed by atoms with E-state index in [0.29, 0.717) is 17.5 Å². The van der Waals surface area contributed by atoms with Crippen LogP contribution in [0.2, 0.25) is 0 Å². The van der Waals surface area contributed by atoms with Crippen molar-refractivity contribution in [3.8, 4) is 0 Å². The minimum absolute atomic E-state index is 0.319. The summed E-state index contributed by atoms with van der Waals surface area (Å²) in [7, 11) is 0. The van der Waals surface area contributed by atoms with E-state index >= 15 is 0 Å².